The van der Waals surface area contributed by atoms with E-state index in [-0.39, 0.29) is 11.9 Å². The minimum Gasteiger partial charge on any atom is -0.496 e. The van der Waals surface area contributed by atoms with Gasteiger partial charge in [-0.3, -0.25) is 0 Å². The predicted octanol–water partition coefficient (Wildman–Crippen LogP) is 4.41. The molecule has 0 spiro atoms. The fourth-order valence-electron chi connectivity index (χ4n) is 2.42. The first-order valence-electron chi connectivity index (χ1n) is 6.81. The van der Waals surface area contributed by atoms with Crippen molar-refractivity contribution < 1.29 is 9.13 Å². The lowest BCUT2D eigenvalue weighted by Gasteiger charge is -2.21. The molecule has 2 nitrogen and oxygen atoms in total. The maximum absolute atomic E-state index is 13.7. The minimum atomic E-state index is -0.318. The molecule has 2 aromatic rings. The van der Waals surface area contributed by atoms with Gasteiger partial charge >= 0.3 is 0 Å². The van der Waals surface area contributed by atoms with Crippen LogP contribution in [0, 0.1) is 12.7 Å². The van der Waals surface area contributed by atoms with Crippen molar-refractivity contribution in [1.29, 1.82) is 0 Å². The highest BCUT2D eigenvalue weighted by molar-refractivity contribution is 9.10. The third-order valence-electron chi connectivity index (χ3n) is 3.68. The Labute approximate surface area is 133 Å². The molecule has 4 heteroatoms. The van der Waals surface area contributed by atoms with Crippen molar-refractivity contribution in [3.05, 3.63) is 63.4 Å². The number of halogens is 2. The molecule has 0 aliphatic rings. The summed E-state index contributed by atoms with van der Waals surface area (Å²) in [6, 6.07) is 11.5. The van der Waals surface area contributed by atoms with Gasteiger partial charge in [0.2, 0.25) is 0 Å². The Bertz CT molecular complexity index is 630. The number of benzene rings is 2. The molecule has 0 aliphatic carbocycles. The van der Waals surface area contributed by atoms with Crippen LogP contribution < -0.4 is 10.1 Å². The standard InChI is InChI=1S/C17H19BrFNO/c1-11-6-4-5-7-12(11)8-16(20-2)13-9-14(18)15(19)10-17(13)21-3/h4-7,9-10,16,20H,8H2,1-3H3. The van der Waals surface area contributed by atoms with Gasteiger partial charge in [-0.1, -0.05) is 24.3 Å². The Hall–Kier alpha value is -1.39. The van der Waals surface area contributed by atoms with Crippen LogP contribution in [-0.2, 0) is 6.42 Å². The fourth-order valence-corrected chi connectivity index (χ4v) is 2.78. The fraction of sp³-hybridized carbons (Fsp3) is 0.294. The molecule has 0 fully saturated rings. The molecular weight excluding hydrogens is 333 g/mol. The van der Waals surface area contributed by atoms with Crippen molar-refractivity contribution in [2.45, 2.75) is 19.4 Å². The molecule has 0 amide bonds. The highest BCUT2D eigenvalue weighted by Crippen LogP contribution is 2.32. The summed E-state index contributed by atoms with van der Waals surface area (Å²) in [6.45, 7) is 2.10. The summed E-state index contributed by atoms with van der Waals surface area (Å²) in [5, 5.41) is 3.29. The molecule has 0 radical (unpaired) electrons. The maximum Gasteiger partial charge on any atom is 0.141 e. The summed E-state index contributed by atoms with van der Waals surface area (Å²) in [4.78, 5) is 0. The molecule has 0 heterocycles. The number of methoxy groups -OCH3 is 1. The third-order valence-corrected chi connectivity index (χ3v) is 4.29. The van der Waals surface area contributed by atoms with Crippen LogP contribution >= 0.6 is 15.9 Å². The monoisotopic (exact) mass is 351 g/mol. The second-order valence-electron chi connectivity index (χ2n) is 4.98. The molecule has 0 aliphatic heterocycles. The van der Waals surface area contributed by atoms with E-state index in [1.54, 1.807) is 13.2 Å². The number of hydrogen-bond acceptors (Lipinski definition) is 2. The first kappa shape index (κ1) is 16.0. The normalized spacial score (nSPS) is 12.2. The first-order valence-corrected chi connectivity index (χ1v) is 7.60. The average molecular weight is 352 g/mol. The summed E-state index contributed by atoms with van der Waals surface area (Å²) in [6.07, 6.45) is 0.817. The second-order valence-corrected chi connectivity index (χ2v) is 5.83. The van der Waals surface area contributed by atoms with Crippen molar-refractivity contribution in [1.82, 2.24) is 5.32 Å². The Morgan fingerprint density at radius 1 is 1.29 bits per heavy atom. The van der Waals surface area contributed by atoms with Gasteiger partial charge < -0.3 is 10.1 Å². The zero-order valence-electron chi connectivity index (χ0n) is 12.4. The van der Waals surface area contributed by atoms with Crippen molar-refractivity contribution in [2.24, 2.45) is 0 Å². The summed E-state index contributed by atoms with van der Waals surface area (Å²) >= 11 is 3.25. The average Bonchev–Trinajstić information content (AvgIpc) is 2.49. The van der Waals surface area contributed by atoms with Crippen LogP contribution in [0.3, 0.4) is 0 Å². The summed E-state index contributed by atoms with van der Waals surface area (Å²) in [7, 11) is 3.46. The lowest BCUT2D eigenvalue weighted by Crippen LogP contribution is -2.20. The number of nitrogens with one attached hydrogen (secondary N) is 1. The lowest BCUT2D eigenvalue weighted by atomic mass is 9.95. The van der Waals surface area contributed by atoms with Crippen LogP contribution in [-0.4, -0.2) is 14.2 Å². The largest absolute Gasteiger partial charge is 0.496 e. The van der Waals surface area contributed by atoms with Crippen LogP contribution in [0.5, 0.6) is 5.75 Å². The van der Waals surface area contributed by atoms with Gasteiger partial charge in [0.25, 0.3) is 0 Å². The molecule has 0 bridgehead atoms. The predicted molar refractivity (Wildman–Crippen MR) is 87.3 cm³/mol. The van der Waals surface area contributed by atoms with Gasteiger partial charge in [0.05, 0.1) is 11.6 Å². The Balaban J connectivity index is 2.38. The van der Waals surface area contributed by atoms with Crippen molar-refractivity contribution in [3.63, 3.8) is 0 Å². The molecule has 112 valence electrons. The SMILES string of the molecule is CNC(Cc1ccccc1C)c1cc(Br)c(F)cc1OC. The maximum atomic E-state index is 13.7. The van der Waals surface area contributed by atoms with Crippen LogP contribution in [0.15, 0.2) is 40.9 Å². The molecule has 21 heavy (non-hydrogen) atoms. The number of ether oxygens (including phenoxy) is 1. The Morgan fingerprint density at radius 2 is 2.00 bits per heavy atom. The van der Waals surface area contributed by atoms with E-state index in [0.717, 1.165) is 12.0 Å². The van der Waals surface area contributed by atoms with Gasteiger partial charge in [-0.25, -0.2) is 4.39 Å². The quantitative estimate of drug-likeness (QED) is 0.861. The molecular formula is C17H19BrFNO. The molecule has 1 unspecified atom stereocenters. The molecule has 0 aromatic heterocycles. The summed E-state index contributed by atoms with van der Waals surface area (Å²) in [5.41, 5.74) is 3.45. The van der Waals surface area contributed by atoms with Crippen LogP contribution in [0.2, 0.25) is 0 Å². The van der Waals surface area contributed by atoms with Crippen LogP contribution in [0.4, 0.5) is 4.39 Å². The third kappa shape index (κ3) is 3.63. The molecule has 2 rings (SSSR count). The van der Waals surface area contributed by atoms with E-state index in [0.29, 0.717) is 10.2 Å². The van der Waals surface area contributed by atoms with E-state index in [4.69, 9.17) is 4.74 Å². The van der Waals surface area contributed by atoms with E-state index < -0.39 is 0 Å². The van der Waals surface area contributed by atoms with E-state index in [1.807, 2.05) is 19.2 Å². The van der Waals surface area contributed by atoms with E-state index in [1.165, 1.54) is 17.2 Å². The Kier molecular flexibility index (Phi) is 5.37. The van der Waals surface area contributed by atoms with E-state index in [9.17, 15) is 4.39 Å². The van der Waals surface area contributed by atoms with Gasteiger partial charge in [-0.05, 0) is 53.5 Å². The van der Waals surface area contributed by atoms with Gasteiger partial charge in [0.1, 0.15) is 11.6 Å². The molecule has 0 saturated heterocycles. The topological polar surface area (TPSA) is 21.3 Å². The molecule has 0 saturated carbocycles. The van der Waals surface area contributed by atoms with Gasteiger partial charge in [-0.15, -0.1) is 0 Å². The number of rotatable bonds is 5. The Morgan fingerprint density at radius 3 is 2.62 bits per heavy atom. The van der Waals surface area contributed by atoms with Gasteiger partial charge in [-0.2, -0.15) is 0 Å². The number of likely N-dealkylation sites (N-methyl/N-ethyl adjacent to an activating group) is 1. The van der Waals surface area contributed by atoms with Crippen molar-refractivity contribution in [3.8, 4) is 5.75 Å². The first-order chi connectivity index (χ1) is 10.1. The second kappa shape index (κ2) is 7.05. The highest BCUT2D eigenvalue weighted by Gasteiger charge is 2.18. The van der Waals surface area contributed by atoms with E-state index in [2.05, 4.69) is 40.3 Å². The highest BCUT2D eigenvalue weighted by atomic mass is 79.9. The number of hydrogen-bond donors (Lipinski definition) is 1. The zero-order chi connectivity index (χ0) is 15.4. The van der Waals surface area contributed by atoms with Crippen LogP contribution in [0.1, 0.15) is 22.7 Å². The van der Waals surface area contributed by atoms with Crippen molar-refractivity contribution >= 4 is 15.9 Å². The van der Waals surface area contributed by atoms with E-state index >= 15 is 0 Å². The number of aryl methyl sites for hydroxylation is 1. The van der Waals surface area contributed by atoms with Gasteiger partial charge in [0.15, 0.2) is 0 Å². The molecule has 1 atom stereocenters. The van der Waals surface area contributed by atoms with Crippen molar-refractivity contribution in [2.75, 3.05) is 14.2 Å². The summed E-state index contributed by atoms with van der Waals surface area (Å²) in [5.74, 6) is 0.241. The summed E-state index contributed by atoms with van der Waals surface area (Å²) < 4.78 is 19.4. The zero-order valence-corrected chi connectivity index (χ0v) is 14.0. The minimum absolute atomic E-state index is 0.0537. The lowest BCUT2D eigenvalue weighted by molar-refractivity contribution is 0.397. The smallest absolute Gasteiger partial charge is 0.141 e. The molecule has 2 aromatic carbocycles. The van der Waals surface area contributed by atoms with Crippen LogP contribution in [0.25, 0.3) is 0 Å². The van der Waals surface area contributed by atoms with Gasteiger partial charge in [0, 0.05) is 17.7 Å². The molecule has 1 N–H and O–H groups in total.